The zero-order valence-corrected chi connectivity index (χ0v) is 11.8. The van der Waals surface area contributed by atoms with E-state index < -0.39 is 10.8 Å². The number of hydrogen-bond donors (Lipinski definition) is 0. The van der Waals surface area contributed by atoms with Gasteiger partial charge in [0.2, 0.25) is 0 Å². The molecular formula is C12H19NO2S2. The minimum absolute atomic E-state index is 0.203. The molecule has 2 atom stereocenters. The Bertz CT molecular complexity index is 372. The van der Waals surface area contributed by atoms with Gasteiger partial charge in [-0.05, 0) is 25.7 Å². The van der Waals surface area contributed by atoms with Gasteiger partial charge in [0.05, 0.1) is 28.3 Å². The van der Waals surface area contributed by atoms with Crippen molar-refractivity contribution in [2.45, 2.75) is 44.5 Å². The van der Waals surface area contributed by atoms with E-state index in [4.69, 9.17) is 4.74 Å². The number of rotatable bonds is 5. The van der Waals surface area contributed by atoms with Crippen molar-refractivity contribution in [1.82, 2.24) is 4.98 Å². The van der Waals surface area contributed by atoms with Crippen molar-refractivity contribution in [3.8, 4) is 0 Å². The third kappa shape index (κ3) is 4.16. The first-order valence-corrected chi connectivity index (χ1v) is 8.54. The van der Waals surface area contributed by atoms with Crippen LogP contribution in [0.1, 0.15) is 36.9 Å². The lowest BCUT2D eigenvalue weighted by molar-refractivity contribution is 0.0310. The van der Waals surface area contributed by atoms with Crippen LogP contribution in [0.4, 0.5) is 0 Å². The Hall–Kier alpha value is -0.260. The summed E-state index contributed by atoms with van der Waals surface area (Å²) in [5.41, 5.74) is 0.973. The molecule has 1 aromatic heterocycles. The monoisotopic (exact) mass is 273 g/mol. The summed E-state index contributed by atoms with van der Waals surface area (Å²) in [5.74, 6) is 1.25. The van der Waals surface area contributed by atoms with Crippen LogP contribution in [0.15, 0.2) is 5.38 Å². The van der Waals surface area contributed by atoms with Crippen LogP contribution >= 0.6 is 11.3 Å². The molecule has 0 bridgehead atoms. The van der Waals surface area contributed by atoms with E-state index in [9.17, 15) is 4.21 Å². The fraction of sp³-hybridized carbons (Fsp3) is 0.750. The van der Waals surface area contributed by atoms with E-state index >= 15 is 0 Å². The van der Waals surface area contributed by atoms with E-state index in [1.807, 2.05) is 5.38 Å². The van der Waals surface area contributed by atoms with Gasteiger partial charge in [-0.3, -0.25) is 4.21 Å². The van der Waals surface area contributed by atoms with Crippen molar-refractivity contribution >= 4 is 22.1 Å². The molecular weight excluding hydrogens is 254 g/mol. The number of aromatic nitrogens is 1. The molecule has 0 aromatic carbocycles. The molecule has 1 aromatic rings. The van der Waals surface area contributed by atoms with E-state index in [1.165, 1.54) is 6.42 Å². The highest BCUT2D eigenvalue weighted by atomic mass is 32.2. The van der Waals surface area contributed by atoms with Gasteiger partial charge in [0.25, 0.3) is 0 Å². The normalized spacial score (nSPS) is 22.5. The SMILES string of the molecule is CCc1nc(C[S@@](=O)C[C@H]2CCCCO2)cs1. The van der Waals surface area contributed by atoms with E-state index in [0.29, 0.717) is 11.5 Å². The summed E-state index contributed by atoms with van der Waals surface area (Å²) in [6, 6.07) is 0. The van der Waals surface area contributed by atoms with E-state index in [2.05, 4.69) is 11.9 Å². The number of nitrogens with zero attached hydrogens (tertiary/aromatic N) is 1. The smallest absolute Gasteiger partial charge is 0.0925 e. The van der Waals surface area contributed by atoms with Gasteiger partial charge in [-0.15, -0.1) is 11.3 Å². The van der Waals surface area contributed by atoms with Crippen LogP contribution in [0.3, 0.4) is 0 Å². The predicted molar refractivity (Wildman–Crippen MR) is 71.8 cm³/mol. The van der Waals surface area contributed by atoms with Crippen molar-refractivity contribution in [3.05, 3.63) is 16.1 Å². The van der Waals surface area contributed by atoms with Gasteiger partial charge in [0.15, 0.2) is 0 Å². The number of thiazole rings is 1. The van der Waals surface area contributed by atoms with Crippen LogP contribution < -0.4 is 0 Å². The van der Waals surface area contributed by atoms with Gasteiger partial charge in [-0.25, -0.2) is 4.98 Å². The maximum absolute atomic E-state index is 12.0. The molecule has 1 saturated heterocycles. The lowest BCUT2D eigenvalue weighted by Crippen LogP contribution is -2.25. The van der Waals surface area contributed by atoms with Gasteiger partial charge in [0, 0.05) is 22.8 Å². The summed E-state index contributed by atoms with van der Waals surface area (Å²) < 4.78 is 17.6. The molecule has 1 aliphatic rings. The fourth-order valence-corrected chi connectivity index (χ4v) is 4.07. The summed E-state index contributed by atoms with van der Waals surface area (Å²) in [4.78, 5) is 4.45. The highest BCUT2D eigenvalue weighted by Crippen LogP contribution is 2.16. The zero-order chi connectivity index (χ0) is 12.1. The topological polar surface area (TPSA) is 39.2 Å². The molecule has 3 nitrogen and oxygen atoms in total. The molecule has 1 fully saturated rings. The number of aryl methyl sites for hydroxylation is 1. The predicted octanol–water partition coefficient (Wildman–Crippen LogP) is 2.52. The molecule has 1 aliphatic heterocycles. The third-order valence-corrected chi connectivity index (χ3v) is 5.26. The molecule has 0 spiro atoms. The van der Waals surface area contributed by atoms with E-state index in [0.717, 1.165) is 36.6 Å². The Labute approximate surface area is 109 Å². The lowest BCUT2D eigenvalue weighted by atomic mass is 10.1. The second-order valence-corrected chi connectivity index (χ2v) is 6.77. The van der Waals surface area contributed by atoms with Crippen molar-refractivity contribution in [3.63, 3.8) is 0 Å². The second kappa shape index (κ2) is 6.61. The Kier molecular flexibility index (Phi) is 5.13. The minimum Gasteiger partial charge on any atom is -0.377 e. The van der Waals surface area contributed by atoms with Crippen LogP contribution in [-0.2, 0) is 27.7 Å². The van der Waals surface area contributed by atoms with Gasteiger partial charge < -0.3 is 4.74 Å². The van der Waals surface area contributed by atoms with Gasteiger partial charge >= 0.3 is 0 Å². The second-order valence-electron chi connectivity index (χ2n) is 4.33. The van der Waals surface area contributed by atoms with Crippen molar-refractivity contribution in [1.29, 1.82) is 0 Å². The van der Waals surface area contributed by atoms with Crippen molar-refractivity contribution in [2.75, 3.05) is 12.4 Å². The molecule has 0 unspecified atom stereocenters. The zero-order valence-electron chi connectivity index (χ0n) is 10.2. The molecule has 0 aliphatic carbocycles. The Balaban J connectivity index is 1.79. The highest BCUT2D eigenvalue weighted by molar-refractivity contribution is 7.84. The maximum atomic E-state index is 12.0. The molecule has 17 heavy (non-hydrogen) atoms. The van der Waals surface area contributed by atoms with E-state index in [1.54, 1.807) is 11.3 Å². The first-order valence-electron chi connectivity index (χ1n) is 6.17. The Morgan fingerprint density at radius 1 is 1.59 bits per heavy atom. The van der Waals surface area contributed by atoms with Gasteiger partial charge in [-0.2, -0.15) is 0 Å². The largest absolute Gasteiger partial charge is 0.377 e. The minimum atomic E-state index is -0.838. The molecule has 0 radical (unpaired) electrons. The molecule has 96 valence electrons. The first kappa shape index (κ1) is 13.2. The number of ether oxygens (including phenoxy) is 1. The summed E-state index contributed by atoms with van der Waals surface area (Å²) in [7, 11) is -0.838. The summed E-state index contributed by atoms with van der Waals surface area (Å²) in [5, 5.41) is 3.16. The summed E-state index contributed by atoms with van der Waals surface area (Å²) >= 11 is 1.66. The van der Waals surface area contributed by atoms with Gasteiger partial charge in [-0.1, -0.05) is 6.92 Å². The molecule has 0 N–H and O–H groups in total. The standard InChI is InChI=1S/C12H19NO2S2/c1-2-12-13-10(7-16-12)8-17(14)9-11-5-3-4-6-15-11/h7,11H,2-6,8-9H2,1H3/t11-,17-/m1/s1. The lowest BCUT2D eigenvalue weighted by Gasteiger charge is -2.21. The van der Waals surface area contributed by atoms with Crippen LogP contribution in [0, 0.1) is 0 Å². The summed E-state index contributed by atoms with van der Waals surface area (Å²) in [6.07, 6.45) is 4.58. The van der Waals surface area contributed by atoms with Crippen LogP contribution in [0.5, 0.6) is 0 Å². The molecule has 2 rings (SSSR count). The van der Waals surface area contributed by atoms with Crippen LogP contribution in [0.2, 0.25) is 0 Å². The van der Waals surface area contributed by atoms with E-state index in [-0.39, 0.29) is 6.10 Å². The third-order valence-electron chi connectivity index (χ3n) is 2.86. The van der Waals surface area contributed by atoms with Crippen molar-refractivity contribution < 1.29 is 8.95 Å². The molecule has 0 amide bonds. The molecule has 5 heteroatoms. The fourth-order valence-electron chi connectivity index (χ4n) is 1.95. The Morgan fingerprint density at radius 3 is 3.12 bits per heavy atom. The average molecular weight is 273 g/mol. The van der Waals surface area contributed by atoms with Gasteiger partial charge in [0.1, 0.15) is 0 Å². The van der Waals surface area contributed by atoms with Crippen LogP contribution in [-0.4, -0.2) is 27.7 Å². The highest BCUT2D eigenvalue weighted by Gasteiger charge is 2.17. The Morgan fingerprint density at radius 2 is 2.47 bits per heavy atom. The first-order chi connectivity index (χ1) is 8.28. The quantitative estimate of drug-likeness (QED) is 0.827. The van der Waals surface area contributed by atoms with Crippen molar-refractivity contribution in [2.24, 2.45) is 0 Å². The summed E-state index contributed by atoms with van der Waals surface area (Å²) in [6.45, 7) is 2.92. The average Bonchev–Trinajstić information content (AvgIpc) is 2.78. The molecule has 0 saturated carbocycles. The molecule has 2 heterocycles. The van der Waals surface area contributed by atoms with Crippen LogP contribution in [0.25, 0.3) is 0 Å². The number of hydrogen-bond acceptors (Lipinski definition) is 4. The maximum Gasteiger partial charge on any atom is 0.0925 e.